The van der Waals surface area contributed by atoms with E-state index in [1.54, 1.807) is 18.2 Å². The predicted molar refractivity (Wildman–Crippen MR) is 151 cm³/mol. The molecule has 12 heteroatoms. The quantitative estimate of drug-likeness (QED) is 0.452. The number of hydrogen-bond donors (Lipinski definition) is 0. The SMILES string of the molecule is COC(=O)c1cc2cc(c1)OCCOCCOCCOCCOc1cccc(c1)OCCOCCOCCOCCO2. The number of fused-ring (bicyclic) bond motifs is 4. The summed E-state index contributed by atoms with van der Waals surface area (Å²) in [7, 11) is 1.32. The average Bonchev–Trinajstić information content (AvgIpc) is 3.01. The Morgan fingerprint density at radius 1 is 0.476 bits per heavy atom. The summed E-state index contributed by atoms with van der Waals surface area (Å²) in [5.41, 5.74) is 0.322. The summed E-state index contributed by atoms with van der Waals surface area (Å²) >= 11 is 0. The minimum atomic E-state index is -0.488. The second-order valence-electron chi connectivity index (χ2n) is 8.73. The normalized spacial score (nSPS) is 18.3. The maximum Gasteiger partial charge on any atom is 0.338 e. The standard InChI is InChI=1S/C30H42O12/c1-32-30(31)25-21-28-24-29(22-25)42-20-16-38-12-8-34-6-10-36-14-18-40-27-4-2-3-26(23-27)39-17-13-35-9-5-33-7-11-37-15-19-41-28/h2-4,21-24H,5-20H2,1H3. The molecule has 0 N–H and O–H groups in total. The van der Waals surface area contributed by atoms with Crippen molar-refractivity contribution in [3.05, 3.63) is 48.0 Å². The zero-order valence-electron chi connectivity index (χ0n) is 24.3. The molecule has 0 saturated carbocycles. The zero-order valence-corrected chi connectivity index (χ0v) is 24.3. The molecule has 0 aromatic heterocycles. The van der Waals surface area contributed by atoms with Crippen LogP contribution in [0.5, 0.6) is 23.0 Å². The predicted octanol–water partition coefficient (Wildman–Crippen LogP) is 2.80. The number of benzene rings is 2. The molecule has 0 unspecified atom stereocenters. The van der Waals surface area contributed by atoms with Gasteiger partial charge in [0.05, 0.1) is 92.0 Å². The lowest BCUT2D eigenvalue weighted by Gasteiger charge is -2.13. The van der Waals surface area contributed by atoms with Crippen molar-refractivity contribution in [1.29, 1.82) is 0 Å². The summed E-state index contributed by atoms with van der Waals surface area (Å²) in [5, 5.41) is 0. The Morgan fingerprint density at radius 2 is 0.786 bits per heavy atom. The number of carbonyl (C=O) groups is 1. The fraction of sp³-hybridized carbons (Fsp3) is 0.567. The fourth-order valence-corrected chi connectivity index (χ4v) is 3.59. The molecule has 42 heavy (non-hydrogen) atoms. The molecule has 0 saturated heterocycles. The minimum Gasteiger partial charge on any atom is -0.491 e. The Labute approximate surface area is 246 Å². The van der Waals surface area contributed by atoms with E-state index in [9.17, 15) is 4.79 Å². The van der Waals surface area contributed by atoms with Crippen LogP contribution in [0.4, 0.5) is 0 Å². The van der Waals surface area contributed by atoms with Crippen LogP contribution in [0.25, 0.3) is 0 Å². The molecule has 0 radical (unpaired) electrons. The van der Waals surface area contributed by atoms with Crippen molar-refractivity contribution < 1.29 is 56.9 Å². The molecule has 0 aliphatic carbocycles. The van der Waals surface area contributed by atoms with Gasteiger partial charge in [0.1, 0.15) is 49.4 Å². The number of ether oxygens (including phenoxy) is 11. The lowest BCUT2D eigenvalue weighted by atomic mass is 10.2. The van der Waals surface area contributed by atoms with Gasteiger partial charge in [-0.05, 0) is 24.3 Å². The van der Waals surface area contributed by atoms with E-state index >= 15 is 0 Å². The Hall–Kier alpha value is -3.13. The minimum absolute atomic E-state index is 0.288. The second kappa shape index (κ2) is 21.6. The highest BCUT2D eigenvalue weighted by Gasteiger charge is 2.11. The molecule has 12 nitrogen and oxygen atoms in total. The monoisotopic (exact) mass is 594 g/mol. The summed E-state index contributed by atoms with van der Waals surface area (Å²) in [6.07, 6.45) is 0. The average molecular weight is 595 g/mol. The molecule has 0 amide bonds. The van der Waals surface area contributed by atoms with Gasteiger partial charge in [-0.25, -0.2) is 4.79 Å². The first-order valence-corrected chi connectivity index (χ1v) is 14.1. The van der Waals surface area contributed by atoms with E-state index in [1.807, 2.05) is 24.3 Å². The summed E-state index contributed by atoms with van der Waals surface area (Å²) < 4.78 is 61.1. The fourth-order valence-electron chi connectivity index (χ4n) is 3.59. The van der Waals surface area contributed by atoms with Gasteiger partial charge in [0.15, 0.2) is 0 Å². The van der Waals surface area contributed by atoms with E-state index in [-0.39, 0.29) is 13.2 Å². The van der Waals surface area contributed by atoms with Gasteiger partial charge >= 0.3 is 5.97 Å². The van der Waals surface area contributed by atoms with Gasteiger partial charge in [-0.15, -0.1) is 0 Å². The molecular weight excluding hydrogens is 552 g/mol. The lowest BCUT2D eigenvalue weighted by molar-refractivity contribution is 0.00433. The molecular formula is C30H42O12. The van der Waals surface area contributed by atoms with E-state index in [1.165, 1.54) is 7.11 Å². The first-order chi connectivity index (χ1) is 20.7. The number of hydrogen-bond acceptors (Lipinski definition) is 12. The largest absolute Gasteiger partial charge is 0.491 e. The van der Waals surface area contributed by atoms with Gasteiger partial charge in [-0.3, -0.25) is 0 Å². The number of rotatable bonds is 1. The molecule has 1 aliphatic heterocycles. The van der Waals surface area contributed by atoms with Crippen LogP contribution in [0.3, 0.4) is 0 Å². The van der Waals surface area contributed by atoms with E-state index in [0.29, 0.717) is 121 Å². The first kappa shape index (κ1) is 33.4. The molecule has 2 aromatic carbocycles. The maximum absolute atomic E-state index is 12.1. The second-order valence-corrected chi connectivity index (χ2v) is 8.73. The van der Waals surface area contributed by atoms with Crippen LogP contribution in [0.2, 0.25) is 0 Å². The Bertz CT molecular complexity index is 939. The molecule has 1 aliphatic rings. The van der Waals surface area contributed by atoms with E-state index < -0.39 is 5.97 Å². The van der Waals surface area contributed by atoms with Crippen molar-refractivity contribution in [2.24, 2.45) is 0 Å². The van der Waals surface area contributed by atoms with Crippen LogP contribution < -0.4 is 18.9 Å². The third kappa shape index (κ3) is 14.7. The molecule has 234 valence electrons. The van der Waals surface area contributed by atoms with E-state index in [4.69, 9.17) is 52.1 Å². The topological polar surface area (TPSA) is 119 Å². The Balaban J connectivity index is 1.42. The van der Waals surface area contributed by atoms with Gasteiger partial charge in [-0.2, -0.15) is 0 Å². The van der Waals surface area contributed by atoms with Crippen molar-refractivity contribution >= 4 is 5.97 Å². The van der Waals surface area contributed by atoms with Crippen LogP contribution in [0, 0.1) is 0 Å². The molecule has 4 bridgehead atoms. The third-order valence-corrected chi connectivity index (χ3v) is 5.58. The number of methoxy groups -OCH3 is 1. The van der Waals surface area contributed by atoms with Crippen molar-refractivity contribution in [1.82, 2.24) is 0 Å². The van der Waals surface area contributed by atoms with Gasteiger partial charge < -0.3 is 52.1 Å². The molecule has 2 aromatic rings. The highest BCUT2D eigenvalue weighted by atomic mass is 16.6. The Kier molecular flexibility index (Phi) is 17.1. The molecule has 0 spiro atoms. The van der Waals surface area contributed by atoms with Crippen molar-refractivity contribution in [3.63, 3.8) is 0 Å². The van der Waals surface area contributed by atoms with E-state index in [0.717, 1.165) is 0 Å². The van der Waals surface area contributed by atoms with Crippen LogP contribution in [-0.4, -0.2) is 119 Å². The smallest absolute Gasteiger partial charge is 0.338 e. The number of carbonyl (C=O) groups excluding carboxylic acids is 1. The zero-order chi connectivity index (χ0) is 29.5. The van der Waals surface area contributed by atoms with Crippen molar-refractivity contribution in [3.8, 4) is 23.0 Å². The first-order valence-electron chi connectivity index (χ1n) is 14.1. The van der Waals surface area contributed by atoms with E-state index in [2.05, 4.69) is 0 Å². The van der Waals surface area contributed by atoms with Crippen molar-refractivity contribution in [2.45, 2.75) is 0 Å². The maximum atomic E-state index is 12.1. The summed E-state index contributed by atoms with van der Waals surface area (Å²) in [6, 6.07) is 12.3. The van der Waals surface area contributed by atoms with Gasteiger partial charge in [0.2, 0.25) is 0 Å². The third-order valence-electron chi connectivity index (χ3n) is 5.58. The van der Waals surface area contributed by atoms with Crippen molar-refractivity contribution in [2.75, 3.05) is 113 Å². The summed E-state index contributed by atoms with van der Waals surface area (Å²) in [6.45, 7) is 6.48. The molecule has 1 heterocycles. The Morgan fingerprint density at radius 3 is 1.14 bits per heavy atom. The lowest BCUT2D eigenvalue weighted by Crippen LogP contribution is -2.15. The number of esters is 1. The van der Waals surface area contributed by atoms with Gasteiger partial charge in [-0.1, -0.05) is 6.07 Å². The molecule has 0 atom stereocenters. The van der Waals surface area contributed by atoms with Crippen LogP contribution >= 0.6 is 0 Å². The highest BCUT2D eigenvalue weighted by Crippen LogP contribution is 2.24. The molecule has 0 fully saturated rings. The molecule has 3 rings (SSSR count). The van der Waals surface area contributed by atoms with Crippen LogP contribution in [0.1, 0.15) is 10.4 Å². The van der Waals surface area contributed by atoms with Crippen LogP contribution in [0.15, 0.2) is 42.5 Å². The highest BCUT2D eigenvalue weighted by molar-refractivity contribution is 5.90. The van der Waals surface area contributed by atoms with Crippen LogP contribution in [-0.2, 0) is 33.2 Å². The van der Waals surface area contributed by atoms with Gasteiger partial charge in [0.25, 0.3) is 0 Å². The van der Waals surface area contributed by atoms with Gasteiger partial charge in [0, 0.05) is 12.1 Å². The summed E-state index contributed by atoms with van der Waals surface area (Å²) in [5.74, 6) is 1.86. The summed E-state index contributed by atoms with van der Waals surface area (Å²) in [4.78, 5) is 12.1.